The smallest absolute Gasteiger partial charge is 0.222 e. The van der Waals surface area contributed by atoms with Gasteiger partial charge in [-0.25, -0.2) is 0 Å². The van der Waals surface area contributed by atoms with Crippen LogP contribution in [0, 0.1) is 0 Å². The van der Waals surface area contributed by atoms with Gasteiger partial charge in [-0.05, 0) is 19.8 Å². The zero-order chi connectivity index (χ0) is 11.0. The van der Waals surface area contributed by atoms with E-state index in [9.17, 15) is 4.79 Å². The van der Waals surface area contributed by atoms with Crippen LogP contribution in [-0.4, -0.2) is 23.9 Å². The molecule has 0 atom stereocenters. The summed E-state index contributed by atoms with van der Waals surface area (Å²) in [5.74, 6) is 0.307. The minimum absolute atomic E-state index is 0.307. The fraction of sp³-hybridized carbons (Fsp3) is 0.750. The first-order valence-electron chi connectivity index (χ1n) is 5.67. The largest absolute Gasteiger partial charge is 0.339 e. The van der Waals surface area contributed by atoms with E-state index in [1.807, 2.05) is 25.7 Å². The van der Waals surface area contributed by atoms with Crippen LogP contribution in [0.5, 0.6) is 0 Å². The Kier molecular flexibility index (Phi) is 7.17. The number of amides is 1. The van der Waals surface area contributed by atoms with Gasteiger partial charge in [-0.1, -0.05) is 32.4 Å². The first-order chi connectivity index (χ1) is 6.74. The van der Waals surface area contributed by atoms with E-state index < -0.39 is 0 Å². The van der Waals surface area contributed by atoms with Crippen LogP contribution >= 0.6 is 0 Å². The molecule has 0 saturated heterocycles. The van der Waals surface area contributed by atoms with E-state index in [1.54, 1.807) is 0 Å². The Bertz CT molecular complexity index is 196. The highest BCUT2D eigenvalue weighted by atomic mass is 16.2. The summed E-state index contributed by atoms with van der Waals surface area (Å²) < 4.78 is 0. The highest BCUT2D eigenvalue weighted by Gasteiger charge is 2.13. The van der Waals surface area contributed by atoms with Crippen LogP contribution in [0.3, 0.4) is 0 Å². The van der Waals surface area contributed by atoms with Crippen molar-refractivity contribution in [2.24, 2.45) is 0 Å². The first kappa shape index (κ1) is 13.2. The molecule has 82 valence electrons. The molecule has 0 saturated carbocycles. The van der Waals surface area contributed by atoms with E-state index in [2.05, 4.69) is 13.0 Å². The van der Waals surface area contributed by atoms with Gasteiger partial charge < -0.3 is 4.90 Å². The Morgan fingerprint density at radius 3 is 2.57 bits per heavy atom. The molecule has 14 heavy (non-hydrogen) atoms. The summed E-state index contributed by atoms with van der Waals surface area (Å²) in [6.07, 6.45) is 4.86. The molecule has 0 fully saturated rings. The van der Waals surface area contributed by atoms with Crippen LogP contribution in [0.25, 0.3) is 0 Å². The predicted molar refractivity (Wildman–Crippen MR) is 61.2 cm³/mol. The highest BCUT2D eigenvalue weighted by molar-refractivity contribution is 5.76. The van der Waals surface area contributed by atoms with E-state index in [0.717, 1.165) is 25.9 Å². The van der Waals surface area contributed by atoms with Crippen molar-refractivity contribution >= 4 is 5.91 Å². The summed E-state index contributed by atoms with van der Waals surface area (Å²) in [7, 11) is 0. The molecular weight excluding hydrogens is 174 g/mol. The molecule has 1 aliphatic heterocycles. The molecule has 1 heterocycles. The molecule has 1 rings (SSSR count). The third-order valence-electron chi connectivity index (χ3n) is 2.25. The Hall–Kier alpha value is -0.790. The summed E-state index contributed by atoms with van der Waals surface area (Å²) in [6.45, 7) is 9.91. The van der Waals surface area contributed by atoms with Crippen LogP contribution in [0.15, 0.2) is 11.6 Å². The maximum absolute atomic E-state index is 11.4. The van der Waals surface area contributed by atoms with Crippen LogP contribution in [0.2, 0.25) is 0 Å². The Morgan fingerprint density at radius 2 is 2.14 bits per heavy atom. The van der Waals surface area contributed by atoms with Gasteiger partial charge in [0.1, 0.15) is 0 Å². The maximum Gasteiger partial charge on any atom is 0.222 e. The molecule has 0 aromatic rings. The van der Waals surface area contributed by atoms with Crippen molar-refractivity contribution in [3.05, 3.63) is 11.6 Å². The van der Waals surface area contributed by atoms with Gasteiger partial charge in [0.25, 0.3) is 0 Å². The number of carbonyl (C=O) groups is 1. The SMILES string of the molecule is CC.CCCC(=O)N1CC=C(C)CC1. The third-order valence-corrected chi connectivity index (χ3v) is 2.25. The number of carbonyl (C=O) groups excluding carboxylic acids is 1. The standard InChI is InChI=1S/C10H17NO.C2H6/c1-3-4-10(12)11-7-5-9(2)6-8-11;1-2/h5H,3-4,6-8H2,1-2H3;1-2H3. The lowest BCUT2D eigenvalue weighted by Crippen LogP contribution is -2.34. The number of nitrogens with zero attached hydrogens (tertiary/aromatic N) is 1. The maximum atomic E-state index is 11.4. The van der Waals surface area contributed by atoms with Gasteiger partial charge in [0.05, 0.1) is 0 Å². The van der Waals surface area contributed by atoms with Gasteiger partial charge in [0.2, 0.25) is 5.91 Å². The molecule has 0 bridgehead atoms. The van der Waals surface area contributed by atoms with Crippen LogP contribution in [-0.2, 0) is 4.79 Å². The molecule has 0 spiro atoms. The topological polar surface area (TPSA) is 20.3 Å². The monoisotopic (exact) mass is 197 g/mol. The lowest BCUT2D eigenvalue weighted by Gasteiger charge is -2.25. The molecule has 0 aliphatic carbocycles. The highest BCUT2D eigenvalue weighted by Crippen LogP contribution is 2.10. The quantitative estimate of drug-likeness (QED) is 0.623. The zero-order valence-corrected chi connectivity index (χ0v) is 9.97. The van der Waals surface area contributed by atoms with Crippen LogP contribution < -0.4 is 0 Å². The normalized spacial score (nSPS) is 15.4. The van der Waals surface area contributed by atoms with Crippen molar-refractivity contribution in [2.45, 2.75) is 47.0 Å². The molecular formula is C12H23NO. The molecule has 2 heteroatoms. The molecule has 0 unspecified atom stereocenters. The molecule has 0 N–H and O–H groups in total. The zero-order valence-electron chi connectivity index (χ0n) is 9.97. The van der Waals surface area contributed by atoms with Crippen molar-refractivity contribution in [1.29, 1.82) is 0 Å². The summed E-state index contributed by atoms with van der Waals surface area (Å²) >= 11 is 0. The minimum atomic E-state index is 0.307. The third kappa shape index (κ3) is 4.45. The second kappa shape index (κ2) is 7.60. The lowest BCUT2D eigenvalue weighted by molar-refractivity contribution is -0.130. The fourth-order valence-corrected chi connectivity index (χ4v) is 1.37. The van der Waals surface area contributed by atoms with Crippen molar-refractivity contribution in [3.63, 3.8) is 0 Å². The summed E-state index contributed by atoms with van der Waals surface area (Å²) in [4.78, 5) is 13.3. The first-order valence-corrected chi connectivity index (χ1v) is 5.67. The van der Waals surface area contributed by atoms with Crippen molar-refractivity contribution < 1.29 is 4.79 Å². The van der Waals surface area contributed by atoms with E-state index in [-0.39, 0.29) is 0 Å². The lowest BCUT2D eigenvalue weighted by atomic mass is 10.1. The summed E-state index contributed by atoms with van der Waals surface area (Å²) in [5.41, 5.74) is 1.41. The van der Waals surface area contributed by atoms with Crippen LogP contribution in [0.4, 0.5) is 0 Å². The Balaban J connectivity index is 0.000000791. The van der Waals surface area contributed by atoms with Gasteiger partial charge in [0, 0.05) is 19.5 Å². The summed E-state index contributed by atoms with van der Waals surface area (Å²) in [5, 5.41) is 0. The number of hydrogen-bond donors (Lipinski definition) is 0. The van der Waals surface area contributed by atoms with E-state index in [0.29, 0.717) is 12.3 Å². The fourth-order valence-electron chi connectivity index (χ4n) is 1.37. The Labute approximate surface area is 88.0 Å². The van der Waals surface area contributed by atoms with Gasteiger partial charge in [0.15, 0.2) is 0 Å². The van der Waals surface area contributed by atoms with E-state index in [4.69, 9.17) is 0 Å². The molecule has 0 radical (unpaired) electrons. The van der Waals surface area contributed by atoms with Crippen molar-refractivity contribution in [2.75, 3.05) is 13.1 Å². The summed E-state index contributed by atoms with van der Waals surface area (Å²) in [6, 6.07) is 0. The second-order valence-electron chi connectivity index (χ2n) is 3.39. The van der Waals surface area contributed by atoms with Crippen molar-refractivity contribution in [1.82, 2.24) is 4.90 Å². The average molecular weight is 197 g/mol. The second-order valence-corrected chi connectivity index (χ2v) is 3.39. The molecule has 1 amide bonds. The van der Waals surface area contributed by atoms with Gasteiger partial charge >= 0.3 is 0 Å². The molecule has 1 aliphatic rings. The molecule has 2 nitrogen and oxygen atoms in total. The van der Waals surface area contributed by atoms with Gasteiger partial charge in [-0.15, -0.1) is 0 Å². The van der Waals surface area contributed by atoms with Crippen LogP contribution in [0.1, 0.15) is 47.0 Å². The van der Waals surface area contributed by atoms with Gasteiger partial charge in [-0.2, -0.15) is 0 Å². The number of hydrogen-bond acceptors (Lipinski definition) is 1. The minimum Gasteiger partial charge on any atom is -0.339 e. The van der Waals surface area contributed by atoms with Crippen molar-refractivity contribution in [3.8, 4) is 0 Å². The van der Waals surface area contributed by atoms with E-state index >= 15 is 0 Å². The van der Waals surface area contributed by atoms with Gasteiger partial charge in [-0.3, -0.25) is 4.79 Å². The molecule has 0 aromatic carbocycles. The molecule has 0 aromatic heterocycles. The Morgan fingerprint density at radius 1 is 1.50 bits per heavy atom. The predicted octanol–water partition coefficient (Wildman–Crippen LogP) is 2.99. The number of rotatable bonds is 2. The average Bonchev–Trinajstić information content (AvgIpc) is 2.22. The van der Waals surface area contributed by atoms with E-state index in [1.165, 1.54) is 5.57 Å².